The van der Waals surface area contributed by atoms with Crippen molar-refractivity contribution in [3.05, 3.63) is 71.8 Å². The zero-order chi connectivity index (χ0) is 14.2. The summed E-state index contributed by atoms with van der Waals surface area (Å²) >= 11 is 0. The molecule has 2 aromatic rings. The summed E-state index contributed by atoms with van der Waals surface area (Å²) in [5.41, 5.74) is 1.79. The van der Waals surface area contributed by atoms with E-state index in [-0.39, 0.29) is 5.97 Å². The van der Waals surface area contributed by atoms with Gasteiger partial charge < -0.3 is 4.74 Å². The average molecular weight is 267 g/mol. The van der Waals surface area contributed by atoms with Crippen LogP contribution >= 0.6 is 0 Å². The molecule has 3 nitrogen and oxygen atoms in total. The zero-order valence-electron chi connectivity index (χ0n) is 11.4. The van der Waals surface area contributed by atoms with Crippen LogP contribution in [0.1, 0.15) is 24.1 Å². The Morgan fingerprint density at radius 3 is 2.30 bits per heavy atom. The maximum absolute atomic E-state index is 12.0. The third-order valence-electron chi connectivity index (χ3n) is 2.80. The second-order valence-electron chi connectivity index (χ2n) is 4.25. The van der Waals surface area contributed by atoms with Crippen LogP contribution in [0.25, 0.3) is 0 Å². The highest BCUT2D eigenvalue weighted by atomic mass is 16.5. The molecule has 102 valence electrons. The van der Waals surface area contributed by atoms with Crippen molar-refractivity contribution in [1.29, 1.82) is 0 Å². The van der Waals surface area contributed by atoms with Gasteiger partial charge in [0.05, 0.1) is 6.61 Å². The first-order valence-corrected chi connectivity index (χ1v) is 6.61. The molecule has 0 saturated carbocycles. The Balaban J connectivity index is 2.23. The monoisotopic (exact) mass is 267 g/mol. The van der Waals surface area contributed by atoms with Gasteiger partial charge in [-0.1, -0.05) is 60.7 Å². The lowest BCUT2D eigenvalue weighted by molar-refractivity contribution is -0.144. The second kappa shape index (κ2) is 7.24. The summed E-state index contributed by atoms with van der Waals surface area (Å²) in [5.74, 6) is -0.328. The topological polar surface area (TPSA) is 38.7 Å². The number of carbonyl (C=O) groups excluding carboxylic acids is 1. The minimum absolute atomic E-state index is 0.328. The van der Waals surface area contributed by atoms with Gasteiger partial charge in [0, 0.05) is 6.21 Å². The molecule has 0 N–H and O–H groups in total. The van der Waals surface area contributed by atoms with Gasteiger partial charge in [0.2, 0.25) is 0 Å². The summed E-state index contributed by atoms with van der Waals surface area (Å²) in [7, 11) is 0. The molecule has 0 aromatic heterocycles. The lowest BCUT2D eigenvalue weighted by Crippen LogP contribution is -2.14. The second-order valence-corrected chi connectivity index (χ2v) is 4.25. The van der Waals surface area contributed by atoms with Crippen LogP contribution in [0, 0.1) is 0 Å². The maximum atomic E-state index is 12.0. The molecule has 1 atom stereocenters. The number of hydrogen-bond acceptors (Lipinski definition) is 3. The van der Waals surface area contributed by atoms with Crippen molar-refractivity contribution >= 4 is 12.2 Å². The van der Waals surface area contributed by atoms with E-state index in [0.717, 1.165) is 11.1 Å². The van der Waals surface area contributed by atoms with Gasteiger partial charge in [0.15, 0.2) is 6.04 Å². The Bertz CT molecular complexity index is 564. The van der Waals surface area contributed by atoms with E-state index < -0.39 is 6.04 Å². The summed E-state index contributed by atoms with van der Waals surface area (Å²) in [5, 5.41) is 0. The van der Waals surface area contributed by atoms with Gasteiger partial charge in [0.25, 0.3) is 0 Å². The molecule has 3 heteroatoms. The van der Waals surface area contributed by atoms with Gasteiger partial charge in [-0.15, -0.1) is 0 Å². The third kappa shape index (κ3) is 3.79. The molecule has 0 aliphatic heterocycles. The minimum Gasteiger partial charge on any atom is -0.464 e. The van der Waals surface area contributed by atoms with E-state index in [1.807, 2.05) is 60.7 Å². The van der Waals surface area contributed by atoms with Crippen LogP contribution in [0.2, 0.25) is 0 Å². The maximum Gasteiger partial charge on any atom is 0.335 e. The lowest BCUT2D eigenvalue weighted by atomic mass is 10.1. The van der Waals surface area contributed by atoms with Crippen molar-refractivity contribution in [2.24, 2.45) is 4.99 Å². The predicted octanol–water partition coefficient (Wildman–Crippen LogP) is 3.41. The molecule has 0 aliphatic carbocycles. The highest BCUT2D eigenvalue weighted by Crippen LogP contribution is 2.19. The quantitative estimate of drug-likeness (QED) is 0.615. The number of ether oxygens (including phenoxy) is 1. The van der Waals surface area contributed by atoms with Crippen LogP contribution in [0.3, 0.4) is 0 Å². The van der Waals surface area contributed by atoms with Gasteiger partial charge >= 0.3 is 5.97 Å². The third-order valence-corrected chi connectivity index (χ3v) is 2.80. The summed E-state index contributed by atoms with van der Waals surface area (Å²) < 4.78 is 5.09. The van der Waals surface area contributed by atoms with Crippen LogP contribution in [-0.4, -0.2) is 18.8 Å². The Morgan fingerprint density at radius 1 is 1.10 bits per heavy atom. The average Bonchev–Trinajstić information content (AvgIpc) is 2.50. The number of hydrogen-bond donors (Lipinski definition) is 0. The van der Waals surface area contributed by atoms with E-state index in [1.54, 1.807) is 13.1 Å². The van der Waals surface area contributed by atoms with Crippen LogP contribution in [0.4, 0.5) is 0 Å². The molecular weight excluding hydrogens is 250 g/mol. The van der Waals surface area contributed by atoms with E-state index in [9.17, 15) is 4.79 Å². The first kappa shape index (κ1) is 14.0. The molecule has 0 heterocycles. The summed E-state index contributed by atoms with van der Waals surface area (Å²) in [6.45, 7) is 2.14. The summed E-state index contributed by atoms with van der Waals surface area (Å²) in [4.78, 5) is 16.4. The van der Waals surface area contributed by atoms with Gasteiger partial charge in [-0.3, -0.25) is 4.99 Å². The van der Waals surface area contributed by atoms with Crippen LogP contribution in [0.5, 0.6) is 0 Å². The molecule has 0 aliphatic rings. The largest absolute Gasteiger partial charge is 0.464 e. The van der Waals surface area contributed by atoms with Crippen molar-refractivity contribution in [2.75, 3.05) is 6.61 Å². The van der Waals surface area contributed by atoms with E-state index in [1.165, 1.54) is 0 Å². The van der Waals surface area contributed by atoms with Gasteiger partial charge in [0.1, 0.15) is 0 Å². The van der Waals surface area contributed by atoms with Gasteiger partial charge in [-0.25, -0.2) is 4.79 Å². The number of nitrogens with zero attached hydrogens (tertiary/aromatic N) is 1. The molecule has 0 radical (unpaired) electrons. The van der Waals surface area contributed by atoms with E-state index in [4.69, 9.17) is 4.74 Å². The van der Waals surface area contributed by atoms with Crippen LogP contribution < -0.4 is 0 Å². The molecular formula is C17H17NO2. The molecule has 0 bridgehead atoms. The molecule has 0 fully saturated rings. The molecule has 0 spiro atoms. The molecule has 2 aromatic carbocycles. The fourth-order valence-corrected chi connectivity index (χ4v) is 1.84. The number of carbonyl (C=O) groups is 1. The highest BCUT2D eigenvalue weighted by Gasteiger charge is 2.19. The normalized spacial score (nSPS) is 12.2. The number of aliphatic imine (C=N–C) groups is 1. The van der Waals surface area contributed by atoms with E-state index in [0.29, 0.717) is 6.61 Å². The molecule has 2 rings (SSSR count). The summed E-state index contributed by atoms with van der Waals surface area (Å²) in [6, 6.07) is 18.5. The molecule has 0 saturated heterocycles. The van der Waals surface area contributed by atoms with Gasteiger partial charge in [-0.2, -0.15) is 0 Å². The van der Waals surface area contributed by atoms with Crippen LogP contribution in [-0.2, 0) is 9.53 Å². The Hall–Kier alpha value is -2.42. The fraction of sp³-hybridized carbons (Fsp3) is 0.176. The molecule has 1 unspecified atom stereocenters. The zero-order valence-corrected chi connectivity index (χ0v) is 11.4. The highest BCUT2D eigenvalue weighted by molar-refractivity contribution is 5.84. The van der Waals surface area contributed by atoms with Gasteiger partial charge in [-0.05, 0) is 18.1 Å². The summed E-state index contributed by atoms with van der Waals surface area (Å²) in [6.07, 6.45) is 1.70. The number of esters is 1. The number of rotatable bonds is 5. The van der Waals surface area contributed by atoms with Crippen molar-refractivity contribution in [3.63, 3.8) is 0 Å². The van der Waals surface area contributed by atoms with E-state index >= 15 is 0 Å². The lowest BCUT2D eigenvalue weighted by Gasteiger charge is -2.11. The van der Waals surface area contributed by atoms with Crippen molar-refractivity contribution in [1.82, 2.24) is 0 Å². The Kier molecular flexibility index (Phi) is 5.07. The molecule has 20 heavy (non-hydrogen) atoms. The smallest absolute Gasteiger partial charge is 0.335 e. The van der Waals surface area contributed by atoms with Crippen molar-refractivity contribution < 1.29 is 9.53 Å². The van der Waals surface area contributed by atoms with Crippen LogP contribution in [0.15, 0.2) is 65.7 Å². The number of benzene rings is 2. The standard InChI is InChI=1S/C17H17NO2/c1-2-20-17(19)16(15-11-7-4-8-12-15)18-13-14-9-5-3-6-10-14/h3-13,16H,2H2,1H3. The SMILES string of the molecule is CCOC(=O)C(N=Cc1ccccc1)c1ccccc1. The van der Waals surface area contributed by atoms with Crippen molar-refractivity contribution in [3.8, 4) is 0 Å². The Labute approximate surface area is 118 Å². The minimum atomic E-state index is -0.614. The van der Waals surface area contributed by atoms with E-state index in [2.05, 4.69) is 4.99 Å². The van der Waals surface area contributed by atoms with Crippen molar-refractivity contribution in [2.45, 2.75) is 13.0 Å². The first-order valence-electron chi connectivity index (χ1n) is 6.61. The fourth-order valence-electron chi connectivity index (χ4n) is 1.84. The predicted molar refractivity (Wildman–Crippen MR) is 79.9 cm³/mol. The first-order chi connectivity index (χ1) is 9.81. The Morgan fingerprint density at radius 2 is 1.70 bits per heavy atom. The molecule has 0 amide bonds.